The predicted molar refractivity (Wildman–Crippen MR) is 137 cm³/mol. The Balaban J connectivity index is 1.32. The summed E-state index contributed by atoms with van der Waals surface area (Å²) in [4.78, 5) is 28.0. The Morgan fingerprint density at radius 2 is 1.50 bits per heavy atom. The Bertz CT molecular complexity index is 1130. The van der Waals surface area contributed by atoms with E-state index in [-0.39, 0.29) is 17.7 Å². The second-order valence-corrected chi connectivity index (χ2v) is 9.27. The maximum atomic E-state index is 13.0. The number of piperidine rings is 1. The number of likely N-dealkylation sites (tertiary alicyclic amines) is 1. The molecule has 7 heteroatoms. The van der Waals surface area contributed by atoms with Crippen molar-refractivity contribution in [2.75, 3.05) is 18.4 Å². The molecule has 1 aliphatic heterocycles. The Labute approximate surface area is 210 Å². The third-order valence-corrected chi connectivity index (χ3v) is 6.84. The molecule has 1 fully saturated rings. The minimum Gasteiger partial charge on any atom is -0.348 e. The van der Waals surface area contributed by atoms with Crippen LogP contribution in [0.1, 0.15) is 34.3 Å². The highest BCUT2D eigenvalue weighted by Crippen LogP contribution is 2.28. The van der Waals surface area contributed by atoms with Crippen molar-refractivity contribution >= 4 is 40.7 Å². The number of nitrogens with zero attached hydrogens (tertiary/aromatic N) is 1. The number of amides is 2. The minimum absolute atomic E-state index is 0.0567. The van der Waals surface area contributed by atoms with E-state index < -0.39 is 0 Å². The number of carbonyl (C=O) groups excluding carboxylic acids is 2. The number of anilines is 1. The van der Waals surface area contributed by atoms with Crippen molar-refractivity contribution in [3.05, 3.63) is 99.5 Å². The van der Waals surface area contributed by atoms with E-state index in [0.29, 0.717) is 34.4 Å². The molecule has 1 heterocycles. The first-order valence-electron chi connectivity index (χ1n) is 11.4. The summed E-state index contributed by atoms with van der Waals surface area (Å²) in [6.45, 7) is 2.64. The molecule has 0 spiro atoms. The molecule has 3 aromatic rings. The largest absolute Gasteiger partial charge is 0.348 e. The van der Waals surface area contributed by atoms with Crippen LogP contribution < -0.4 is 10.6 Å². The molecule has 0 radical (unpaired) electrons. The first kappa shape index (κ1) is 24.3. The van der Waals surface area contributed by atoms with Crippen molar-refractivity contribution in [2.24, 2.45) is 5.92 Å². The fraction of sp³-hybridized carbons (Fsp3) is 0.259. The van der Waals surface area contributed by atoms with E-state index in [2.05, 4.69) is 15.5 Å². The minimum atomic E-state index is -0.216. The van der Waals surface area contributed by atoms with Crippen molar-refractivity contribution in [3.8, 4) is 0 Å². The van der Waals surface area contributed by atoms with Gasteiger partial charge in [0, 0.05) is 34.6 Å². The number of halogens is 2. The van der Waals surface area contributed by atoms with E-state index in [1.165, 1.54) is 0 Å². The maximum absolute atomic E-state index is 13.0. The number of para-hydroxylation sites is 1. The highest BCUT2D eigenvalue weighted by atomic mass is 35.5. The van der Waals surface area contributed by atoms with Gasteiger partial charge in [-0.3, -0.25) is 14.5 Å². The second-order valence-electron chi connectivity index (χ2n) is 8.45. The van der Waals surface area contributed by atoms with Gasteiger partial charge < -0.3 is 10.6 Å². The van der Waals surface area contributed by atoms with Crippen LogP contribution in [0.2, 0.25) is 10.0 Å². The topological polar surface area (TPSA) is 61.4 Å². The average Bonchev–Trinajstić information content (AvgIpc) is 2.86. The van der Waals surface area contributed by atoms with Crippen molar-refractivity contribution in [1.82, 2.24) is 10.2 Å². The normalized spacial score (nSPS) is 14.5. The van der Waals surface area contributed by atoms with Crippen molar-refractivity contribution < 1.29 is 9.59 Å². The molecule has 0 atom stereocenters. The van der Waals surface area contributed by atoms with Gasteiger partial charge in [0.05, 0.1) is 11.3 Å². The van der Waals surface area contributed by atoms with Gasteiger partial charge in [-0.2, -0.15) is 0 Å². The zero-order chi connectivity index (χ0) is 23.9. The first-order valence-corrected chi connectivity index (χ1v) is 12.1. The first-order chi connectivity index (χ1) is 16.5. The van der Waals surface area contributed by atoms with E-state index in [1.54, 1.807) is 18.2 Å². The summed E-state index contributed by atoms with van der Waals surface area (Å²) in [5.74, 6) is -0.386. The molecule has 0 unspecified atom stereocenters. The standard InChI is InChI=1S/C27H27Cl2N3O2/c28-23-10-6-11-24(29)22(23)18-32-15-13-20(14-16-32)26(33)31-25-12-5-4-9-21(25)27(34)30-17-19-7-2-1-3-8-19/h1-12,20H,13-18H2,(H,30,34)(H,31,33). The van der Waals surface area contributed by atoms with Crippen LogP contribution >= 0.6 is 23.2 Å². The van der Waals surface area contributed by atoms with E-state index in [0.717, 1.165) is 37.1 Å². The number of carbonyl (C=O) groups is 2. The number of benzene rings is 3. The van der Waals surface area contributed by atoms with Gasteiger partial charge in [0.25, 0.3) is 5.91 Å². The van der Waals surface area contributed by atoms with Crippen LogP contribution in [0.15, 0.2) is 72.8 Å². The molecule has 1 aliphatic rings. The van der Waals surface area contributed by atoms with Gasteiger partial charge in [-0.15, -0.1) is 0 Å². The molecule has 0 aromatic heterocycles. The smallest absolute Gasteiger partial charge is 0.253 e. The van der Waals surface area contributed by atoms with Crippen molar-refractivity contribution in [2.45, 2.75) is 25.9 Å². The second kappa shape index (κ2) is 11.5. The summed E-state index contributed by atoms with van der Waals surface area (Å²) < 4.78 is 0. The molecule has 1 saturated heterocycles. The van der Waals surface area contributed by atoms with Gasteiger partial charge in [0.1, 0.15) is 0 Å². The van der Waals surface area contributed by atoms with Gasteiger partial charge in [-0.05, 0) is 55.8 Å². The monoisotopic (exact) mass is 495 g/mol. The molecule has 4 rings (SSSR count). The summed E-state index contributed by atoms with van der Waals surface area (Å²) in [5, 5.41) is 7.23. The van der Waals surface area contributed by atoms with Gasteiger partial charge in [0.15, 0.2) is 0 Å². The lowest BCUT2D eigenvalue weighted by Crippen LogP contribution is -2.38. The lowest BCUT2D eigenvalue weighted by atomic mass is 9.95. The summed E-state index contributed by atoms with van der Waals surface area (Å²) in [6.07, 6.45) is 1.46. The lowest BCUT2D eigenvalue weighted by molar-refractivity contribution is -0.121. The number of hydrogen-bond donors (Lipinski definition) is 2. The summed E-state index contributed by atoms with van der Waals surface area (Å²) in [5.41, 5.74) is 2.92. The Morgan fingerprint density at radius 1 is 0.853 bits per heavy atom. The number of rotatable bonds is 7. The van der Waals surface area contributed by atoms with Gasteiger partial charge >= 0.3 is 0 Å². The van der Waals surface area contributed by atoms with E-state index in [4.69, 9.17) is 23.2 Å². The van der Waals surface area contributed by atoms with Crippen LogP contribution in [0.25, 0.3) is 0 Å². The number of hydrogen-bond acceptors (Lipinski definition) is 3. The molecule has 34 heavy (non-hydrogen) atoms. The average molecular weight is 496 g/mol. The fourth-order valence-corrected chi connectivity index (χ4v) is 4.68. The Morgan fingerprint density at radius 3 is 2.21 bits per heavy atom. The fourth-order valence-electron chi connectivity index (χ4n) is 4.16. The van der Waals surface area contributed by atoms with Gasteiger partial charge in [-0.25, -0.2) is 0 Å². The Kier molecular flexibility index (Phi) is 8.22. The third-order valence-electron chi connectivity index (χ3n) is 6.13. The highest BCUT2D eigenvalue weighted by Gasteiger charge is 2.26. The van der Waals surface area contributed by atoms with Gasteiger partial charge in [-0.1, -0.05) is 71.7 Å². The summed E-state index contributed by atoms with van der Waals surface area (Å²) in [7, 11) is 0. The van der Waals surface area contributed by atoms with E-state index >= 15 is 0 Å². The van der Waals surface area contributed by atoms with Gasteiger partial charge in [0.2, 0.25) is 5.91 Å². The van der Waals surface area contributed by atoms with Crippen LogP contribution in [0.5, 0.6) is 0 Å². The molecule has 2 N–H and O–H groups in total. The zero-order valence-corrected chi connectivity index (χ0v) is 20.3. The molecule has 0 saturated carbocycles. The molecule has 176 valence electrons. The number of nitrogens with one attached hydrogen (secondary N) is 2. The van der Waals surface area contributed by atoms with Crippen LogP contribution in [-0.2, 0) is 17.9 Å². The highest BCUT2D eigenvalue weighted by molar-refractivity contribution is 6.35. The van der Waals surface area contributed by atoms with Crippen molar-refractivity contribution in [1.29, 1.82) is 0 Å². The Hall–Kier alpha value is -2.86. The van der Waals surface area contributed by atoms with Crippen LogP contribution in [0.4, 0.5) is 5.69 Å². The molecule has 2 amide bonds. The quantitative estimate of drug-likeness (QED) is 0.436. The molecule has 0 bridgehead atoms. The third kappa shape index (κ3) is 6.17. The van der Waals surface area contributed by atoms with Crippen LogP contribution in [0, 0.1) is 5.92 Å². The lowest BCUT2D eigenvalue weighted by Gasteiger charge is -2.31. The summed E-state index contributed by atoms with van der Waals surface area (Å²) in [6, 6.07) is 22.4. The molecule has 0 aliphatic carbocycles. The van der Waals surface area contributed by atoms with E-state index in [1.807, 2.05) is 54.6 Å². The predicted octanol–water partition coefficient (Wildman–Crippen LogP) is 5.77. The molecular weight excluding hydrogens is 469 g/mol. The zero-order valence-electron chi connectivity index (χ0n) is 18.8. The SMILES string of the molecule is O=C(NCc1ccccc1)c1ccccc1NC(=O)C1CCN(Cc2c(Cl)cccc2Cl)CC1. The van der Waals surface area contributed by atoms with Crippen molar-refractivity contribution in [3.63, 3.8) is 0 Å². The van der Waals surface area contributed by atoms with Crippen LogP contribution in [-0.4, -0.2) is 29.8 Å². The summed E-state index contributed by atoms with van der Waals surface area (Å²) >= 11 is 12.6. The molecule has 3 aromatic carbocycles. The van der Waals surface area contributed by atoms with E-state index in [9.17, 15) is 9.59 Å². The molecule has 5 nitrogen and oxygen atoms in total. The van der Waals surface area contributed by atoms with Crippen LogP contribution in [0.3, 0.4) is 0 Å². The maximum Gasteiger partial charge on any atom is 0.253 e. The molecular formula is C27H27Cl2N3O2.